The van der Waals surface area contributed by atoms with Crippen LogP contribution in [0.1, 0.15) is 18.1 Å². The minimum absolute atomic E-state index is 0.287. The average molecular weight is 444 g/mol. The first-order valence-corrected chi connectivity index (χ1v) is 10.9. The van der Waals surface area contributed by atoms with Crippen LogP contribution in [-0.2, 0) is 16.1 Å². The van der Waals surface area contributed by atoms with Crippen molar-refractivity contribution in [2.45, 2.75) is 13.5 Å². The lowest BCUT2D eigenvalue weighted by molar-refractivity contribution is -0.120. The van der Waals surface area contributed by atoms with Crippen molar-refractivity contribution in [2.24, 2.45) is 0 Å². The molecule has 1 heterocycles. The van der Waals surface area contributed by atoms with Gasteiger partial charge in [-0.25, -0.2) is 9.29 Å². The minimum Gasteiger partial charge on any atom is -0.378 e. The van der Waals surface area contributed by atoms with Crippen LogP contribution >= 0.6 is 0 Å². The predicted molar refractivity (Wildman–Crippen MR) is 129 cm³/mol. The number of carbonyl (C=O) groups is 2. The molecule has 168 valence electrons. The first-order valence-electron chi connectivity index (χ1n) is 10.9. The first-order chi connectivity index (χ1) is 15.9. The zero-order valence-corrected chi connectivity index (χ0v) is 19.0. The largest absolute Gasteiger partial charge is 0.378 e. The Morgan fingerprint density at radius 1 is 0.818 bits per heavy atom. The Hall–Kier alpha value is -3.93. The number of halogens is 1. The molecule has 0 N–H and O–H groups in total. The van der Waals surface area contributed by atoms with Crippen molar-refractivity contribution < 1.29 is 14.0 Å². The van der Waals surface area contributed by atoms with Gasteiger partial charge in [-0.1, -0.05) is 42.5 Å². The lowest BCUT2D eigenvalue weighted by atomic mass is 10.0. The van der Waals surface area contributed by atoms with Crippen LogP contribution in [0, 0.1) is 5.82 Å². The normalized spacial score (nSPS) is 13.6. The highest BCUT2D eigenvalue weighted by atomic mass is 19.1. The summed E-state index contributed by atoms with van der Waals surface area (Å²) in [5, 5.41) is 0. The second-order valence-electron chi connectivity index (χ2n) is 8.09. The number of nitrogens with zero attached hydrogens (tertiary/aromatic N) is 3. The molecule has 2 amide bonds. The SMILES string of the molecule is CCN(Cc1ccccc1)C1=C(c2ccc(F)cc2)C(=O)N(c2ccc(N(C)C)cc2)C1=O. The van der Waals surface area contributed by atoms with Gasteiger partial charge in [0.15, 0.2) is 0 Å². The van der Waals surface area contributed by atoms with Crippen LogP contribution in [0.5, 0.6) is 0 Å². The molecule has 0 unspecified atom stereocenters. The number of imide groups is 1. The Morgan fingerprint density at radius 3 is 2.03 bits per heavy atom. The van der Waals surface area contributed by atoms with Crippen LogP contribution in [0.2, 0.25) is 0 Å². The molecule has 4 rings (SSSR count). The Kier molecular flexibility index (Phi) is 6.27. The van der Waals surface area contributed by atoms with E-state index in [0.717, 1.165) is 11.3 Å². The van der Waals surface area contributed by atoms with Crippen molar-refractivity contribution in [3.8, 4) is 0 Å². The zero-order valence-electron chi connectivity index (χ0n) is 19.0. The molecular weight excluding hydrogens is 417 g/mol. The molecule has 0 radical (unpaired) electrons. The maximum Gasteiger partial charge on any atom is 0.282 e. The van der Waals surface area contributed by atoms with E-state index in [1.54, 1.807) is 24.3 Å². The average Bonchev–Trinajstić information content (AvgIpc) is 3.08. The second-order valence-corrected chi connectivity index (χ2v) is 8.09. The standard InChI is InChI=1S/C27H26FN3O2/c1-4-30(18-19-8-6-5-7-9-19)25-24(20-10-12-21(28)13-11-20)26(32)31(27(25)33)23-16-14-22(15-17-23)29(2)3/h5-17H,4,18H2,1-3H3. The van der Waals surface area contributed by atoms with E-state index in [1.165, 1.54) is 17.0 Å². The summed E-state index contributed by atoms with van der Waals surface area (Å²) in [5.41, 5.74) is 3.62. The second kappa shape index (κ2) is 9.28. The summed E-state index contributed by atoms with van der Waals surface area (Å²) in [6.07, 6.45) is 0. The highest BCUT2D eigenvalue weighted by Gasteiger charge is 2.42. The molecule has 33 heavy (non-hydrogen) atoms. The van der Waals surface area contributed by atoms with Gasteiger partial charge in [-0.15, -0.1) is 0 Å². The Bertz CT molecular complexity index is 1190. The van der Waals surface area contributed by atoms with Crippen molar-refractivity contribution >= 4 is 28.8 Å². The van der Waals surface area contributed by atoms with Crippen molar-refractivity contribution in [1.82, 2.24) is 4.90 Å². The molecule has 3 aromatic carbocycles. The summed E-state index contributed by atoms with van der Waals surface area (Å²) >= 11 is 0. The number of carbonyl (C=O) groups excluding carboxylic acids is 2. The van der Waals surface area contributed by atoms with Crippen molar-refractivity contribution in [3.63, 3.8) is 0 Å². The van der Waals surface area contributed by atoms with Gasteiger partial charge in [0.2, 0.25) is 0 Å². The Morgan fingerprint density at radius 2 is 1.45 bits per heavy atom. The van der Waals surface area contributed by atoms with Gasteiger partial charge in [0.25, 0.3) is 11.8 Å². The smallest absolute Gasteiger partial charge is 0.282 e. The summed E-state index contributed by atoms with van der Waals surface area (Å²) in [4.78, 5) is 32.4. The molecule has 5 nitrogen and oxygen atoms in total. The predicted octanol–water partition coefficient (Wildman–Crippen LogP) is 4.70. The van der Waals surface area contributed by atoms with E-state index in [0.29, 0.717) is 30.0 Å². The first kappa shape index (κ1) is 22.3. The van der Waals surface area contributed by atoms with E-state index in [1.807, 2.05) is 73.3 Å². The maximum atomic E-state index is 13.7. The molecule has 0 aliphatic carbocycles. The number of hydrogen-bond donors (Lipinski definition) is 0. The quantitative estimate of drug-likeness (QED) is 0.497. The van der Waals surface area contributed by atoms with Gasteiger partial charge in [-0.2, -0.15) is 0 Å². The van der Waals surface area contributed by atoms with E-state index in [9.17, 15) is 14.0 Å². The topological polar surface area (TPSA) is 43.9 Å². The van der Waals surface area contributed by atoms with Gasteiger partial charge >= 0.3 is 0 Å². The fraction of sp³-hybridized carbons (Fsp3) is 0.185. The molecule has 0 bridgehead atoms. The van der Waals surface area contributed by atoms with Crippen molar-refractivity contribution in [3.05, 3.63) is 102 Å². The van der Waals surface area contributed by atoms with Crippen LogP contribution in [-0.4, -0.2) is 37.4 Å². The van der Waals surface area contributed by atoms with Crippen LogP contribution in [0.4, 0.5) is 15.8 Å². The summed E-state index contributed by atoms with van der Waals surface area (Å²) in [6.45, 7) is 2.95. The molecule has 1 aliphatic rings. The van der Waals surface area contributed by atoms with Crippen LogP contribution in [0.15, 0.2) is 84.6 Å². The molecule has 0 saturated carbocycles. The molecule has 0 fully saturated rings. The van der Waals surface area contributed by atoms with Gasteiger partial charge in [-0.05, 0) is 54.4 Å². The van der Waals surface area contributed by atoms with Crippen molar-refractivity contribution in [2.75, 3.05) is 30.4 Å². The number of amides is 2. The third kappa shape index (κ3) is 4.37. The maximum absolute atomic E-state index is 13.7. The molecule has 0 aromatic heterocycles. The molecule has 0 atom stereocenters. The van der Waals surface area contributed by atoms with Crippen LogP contribution < -0.4 is 9.80 Å². The van der Waals surface area contributed by atoms with Crippen LogP contribution in [0.25, 0.3) is 5.57 Å². The molecule has 0 spiro atoms. The van der Waals surface area contributed by atoms with Gasteiger partial charge in [0.1, 0.15) is 11.5 Å². The number of anilines is 2. The van der Waals surface area contributed by atoms with Gasteiger partial charge in [0.05, 0.1) is 11.3 Å². The van der Waals surface area contributed by atoms with E-state index in [-0.39, 0.29) is 11.5 Å². The summed E-state index contributed by atoms with van der Waals surface area (Å²) in [7, 11) is 3.85. The number of hydrogen-bond acceptors (Lipinski definition) is 4. The molecule has 1 aliphatic heterocycles. The number of likely N-dealkylation sites (N-methyl/N-ethyl adjacent to an activating group) is 1. The zero-order chi connectivity index (χ0) is 23.5. The van der Waals surface area contributed by atoms with E-state index < -0.39 is 11.7 Å². The third-order valence-corrected chi connectivity index (χ3v) is 5.73. The molecular formula is C27H26FN3O2. The molecule has 0 saturated heterocycles. The highest BCUT2D eigenvalue weighted by molar-refractivity contribution is 6.45. The number of rotatable bonds is 7. The fourth-order valence-electron chi connectivity index (χ4n) is 3.98. The summed E-state index contributed by atoms with van der Waals surface area (Å²) in [6, 6.07) is 22.8. The van der Waals surface area contributed by atoms with E-state index >= 15 is 0 Å². The monoisotopic (exact) mass is 443 g/mol. The molecule has 3 aromatic rings. The Labute approximate surface area is 193 Å². The van der Waals surface area contributed by atoms with Gasteiger partial charge in [-0.3, -0.25) is 9.59 Å². The lowest BCUT2D eigenvalue weighted by Gasteiger charge is -2.25. The van der Waals surface area contributed by atoms with E-state index in [2.05, 4.69) is 0 Å². The lowest BCUT2D eigenvalue weighted by Crippen LogP contribution is -2.35. The minimum atomic E-state index is -0.411. The number of benzene rings is 3. The summed E-state index contributed by atoms with van der Waals surface area (Å²) in [5.74, 6) is -1.19. The molecule has 6 heteroatoms. The third-order valence-electron chi connectivity index (χ3n) is 5.73. The van der Waals surface area contributed by atoms with Gasteiger partial charge < -0.3 is 9.80 Å². The fourth-order valence-corrected chi connectivity index (χ4v) is 3.98. The van der Waals surface area contributed by atoms with Gasteiger partial charge in [0, 0.05) is 32.9 Å². The van der Waals surface area contributed by atoms with Crippen LogP contribution in [0.3, 0.4) is 0 Å². The van der Waals surface area contributed by atoms with Crippen molar-refractivity contribution in [1.29, 1.82) is 0 Å². The highest BCUT2D eigenvalue weighted by Crippen LogP contribution is 2.36. The Balaban J connectivity index is 1.79. The van der Waals surface area contributed by atoms with E-state index in [4.69, 9.17) is 0 Å². The summed E-state index contributed by atoms with van der Waals surface area (Å²) < 4.78 is 13.6.